The van der Waals surface area contributed by atoms with Crippen LogP contribution in [0.2, 0.25) is 10.0 Å². The van der Waals surface area contributed by atoms with E-state index in [0.717, 1.165) is 16.5 Å². The summed E-state index contributed by atoms with van der Waals surface area (Å²) in [6, 6.07) is 5.39. The fourth-order valence-electron chi connectivity index (χ4n) is 0.835. The summed E-state index contributed by atoms with van der Waals surface area (Å²) in [5, 5.41) is 2.00. The van der Waals surface area contributed by atoms with E-state index in [0.29, 0.717) is 10.0 Å². The molecule has 0 aliphatic rings. The van der Waals surface area contributed by atoms with Crippen LogP contribution >= 0.6 is 39.1 Å². The van der Waals surface area contributed by atoms with Crippen LogP contribution in [0.25, 0.3) is 5.57 Å². The Bertz CT molecular complexity index is 287. The lowest BCUT2D eigenvalue weighted by molar-refractivity contribution is 1.59. The first-order valence-electron chi connectivity index (χ1n) is 3.33. The lowest BCUT2D eigenvalue weighted by atomic mass is 10.1. The quantitative estimate of drug-likeness (QED) is 0.696. The summed E-state index contributed by atoms with van der Waals surface area (Å²) >= 11 is 14.9. The van der Waals surface area contributed by atoms with Crippen LogP contribution in [0.3, 0.4) is 0 Å². The second-order valence-electron chi connectivity index (χ2n) is 2.40. The molecular formula is C9H7BrCl2. The Morgan fingerprint density at radius 1 is 1.25 bits per heavy atom. The molecule has 0 heterocycles. The van der Waals surface area contributed by atoms with Gasteiger partial charge in [-0.2, -0.15) is 0 Å². The van der Waals surface area contributed by atoms with E-state index in [1.54, 1.807) is 6.07 Å². The average Bonchev–Trinajstić information content (AvgIpc) is 2.01. The second kappa shape index (κ2) is 4.31. The predicted molar refractivity (Wildman–Crippen MR) is 59.3 cm³/mol. The minimum absolute atomic E-state index is 0.639. The highest BCUT2D eigenvalue weighted by Gasteiger charge is 2.00. The molecular weight excluding hydrogens is 259 g/mol. The molecule has 1 aromatic rings. The van der Waals surface area contributed by atoms with E-state index in [1.165, 1.54) is 0 Å². The first kappa shape index (κ1) is 10.1. The van der Waals surface area contributed by atoms with Crippen LogP contribution in [0.1, 0.15) is 5.56 Å². The largest absolute Gasteiger partial charge is 0.0944 e. The summed E-state index contributed by atoms with van der Waals surface area (Å²) in [5.41, 5.74) is 1.95. The van der Waals surface area contributed by atoms with Crippen molar-refractivity contribution in [3.05, 3.63) is 40.4 Å². The Kier molecular flexibility index (Phi) is 3.63. The zero-order chi connectivity index (χ0) is 9.14. The molecule has 64 valence electrons. The molecule has 3 heteroatoms. The van der Waals surface area contributed by atoms with Gasteiger partial charge < -0.3 is 0 Å². The fraction of sp³-hybridized carbons (Fsp3) is 0.111. The zero-order valence-corrected chi connectivity index (χ0v) is 9.38. The maximum atomic E-state index is 5.81. The lowest BCUT2D eigenvalue weighted by Gasteiger charge is -2.02. The first-order chi connectivity index (χ1) is 5.63. The second-order valence-corrected chi connectivity index (χ2v) is 3.83. The van der Waals surface area contributed by atoms with Crippen molar-refractivity contribution in [1.29, 1.82) is 0 Å². The molecule has 1 rings (SSSR count). The van der Waals surface area contributed by atoms with Crippen LogP contribution in [-0.4, -0.2) is 5.33 Å². The Hall–Kier alpha value is 0.0200. The van der Waals surface area contributed by atoms with Gasteiger partial charge in [-0.15, -0.1) is 0 Å². The Balaban J connectivity index is 3.08. The van der Waals surface area contributed by atoms with Gasteiger partial charge in [-0.05, 0) is 29.3 Å². The standard InChI is InChI=1S/C9H7BrCl2/c1-6(5-10)7-2-8(11)4-9(12)3-7/h2-4H,1,5H2. The summed E-state index contributed by atoms with van der Waals surface area (Å²) in [6.45, 7) is 3.86. The molecule has 1 aromatic carbocycles. The molecule has 0 fully saturated rings. The third-order valence-electron chi connectivity index (χ3n) is 1.43. The van der Waals surface area contributed by atoms with E-state index in [1.807, 2.05) is 12.1 Å². The van der Waals surface area contributed by atoms with Crippen molar-refractivity contribution in [3.8, 4) is 0 Å². The Labute approximate surface area is 90.3 Å². The highest BCUT2D eigenvalue weighted by atomic mass is 79.9. The number of alkyl halides is 1. The molecule has 0 nitrogen and oxygen atoms in total. The molecule has 0 saturated carbocycles. The van der Waals surface area contributed by atoms with Gasteiger partial charge in [0.15, 0.2) is 0 Å². The summed E-state index contributed by atoms with van der Waals surface area (Å²) in [5.74, 6) is 0. The van der Waals surface area contributed by atoms with Crippen LogP contribution in [0, 0.1) is 0 Å². The third-order valence-corrected chi connectivity index (χ3v) is 2.55. The van der Waals surface area contributed by atoms with Gasteiger partial charge in [0.2, 0.25) is 0 Å². The first-order valence-corrected chi connectivity index (χ1v) is 5.21. The van der Waals surface area contributed by atoms with Crippen LogP contribution in [0.15, 0.2) is 24.8 Å². The fourth-order valence-corrected chi connectivity index (χ4v) is 1.68. The van der Waals surface area contributed by atoms with E-state index < -0.39 is 0 Å². The molecule has 0 aliphatic carbocycles. The Morgan fingerprint density at radius 3 is 2.17 bits per heavy atom. The van der Waals surface area contributed by atoms with Crippen molar-refractivity contribution < 1.29 is 0 Å². The number of allylic oxidation sites excluding steroid dienone is 1. The molecule has 0 saturated heterocycles. The van der Waals surface area contributed by atoms with Gasteiger partial charge in [0, 0.05) is 15.4 Å². The molecule has 0 spiro atoms. The highest BCUT2D eigenvalue weighted by Crippen LogP contribution is 2.24. The van der Waals surface area contributed by atoms with Gasteiger partial charge in [-0.1, -0.05) is 45.7 Å². The minimum atomic E-state index is 0.639. The molecule has 0 radical (unpaired) electrons. The van der Waals surface area contributed by atoms with Gasteiger partial charge in [0.25, 0.3) is 0 Å². The number of rotatable bonds is 2. The molecule has 0 aliphatic heterocycles. The molecule has 0 amide bonds. The van der Waals surface area contributed by atoms with Crippen LogP contribution in [-0.2, 0) is 0 Å². The van der Waals surface area contributed by atoms with Crippen LogP contribution < -0.4 is 0 Å². The predicted octanol–water partition coefficient (Wildman–Crippen LogP) is 4.40. The van der Waals surface area contributed by atoms with Gasteiger partial charge in [-0.3, -0.25) is 0 Å². The summed E-state index contributed by atoms with van der Waals surface area (Å²) in [7, 11) is 0. The van der Waals surface area contributed by atoms with E-state index in [-0.39, 0.29) is 0 Å². The lowest BCUT2D eigenvalue weighted by Crippen LogP contribution is -1.83. The van der Waals surface area contributed by atoms with Crippen molar-refractivity contribution in [2.45, 2.75) is 0 Å². The molecule has 12 heavy (non-hydrogen) atoms. The third kappa shape index (κ3) is 2.51. The minimum Gasteiger partial charge on any atom is -0.0944 e. The zero-order valence-electron chi connectivity index (χ0n) is 6.28. The van der Waals surface area contributed by atoms with Crippen molar-refractivity contribution in [1.82, 2.24) is 0 Å². The number of benzene rings is 1. The van der Waals surface area contributed by atoms with Crippen molar-refractivity contribution >= 4 is 44.7 Å². The highest BCUT2D eigenvalue weighted by molar-refractivity contribution is 9.09. The SMILES string of the molecule is C=C(CBr)c1cc(Cl)cc(Cl)c1. The molecule has 0 N–H and O–H groups in total. The van der Waals surface area contributed by atoms with Crippen LogP contribution in [0.4, 0.5) is 0 Å². The van der Waals surface area contributed by atoms with Crippen molar-refractivity contribution in [2.75, 3.05) is 5.33 Å². The molecule has 0 unspecified atom stereocenters. The van der Waals surface area contributed by atoms with Crippen molar-refractivity contribution in [2.24, 2.45) is 0 Å². The van der Waals surface area contributed by atoms with Gasteiger partial charge >= 0.3 is 0 Å². The monoisotopic (exact) mass is 264 g/mol. The van der Waals surface area contributed by atoms with E-state index in [9.17, 15) is 0 Å². The van der Waals surface area contributed by atoms with Crippen LogP contribution in [0.5, 0.6) is 0 Å². The van der Waals surface area contributed by atoms with E-state index >= 15 is 0 Å². The summed E-state index contributed by atoms with van der Waals surface area (Å²) in [6.07, 6.45) is 0. The maximum Gasteiger partial charge on any atom is 0.0426 e. The van der Waals surface area contributed by atoms with E-state index in [2.05, 4.69) is 22.5 Å². The van der Waals surface area contributed by atoms with E-state index in [4.69, 9.17) is 23.2 Å². The van der Waals surface area contributed by atoms with Crippen molar-refractivity contribution in [3.63, 3.8) is 0 Å². The number of halogens is 3. The Morgan fingerprint density at radius 2 is 1.75 bits per heavy atom. The summed E-state index contributed by atoms with van der Waals surface area (Å²) in [4.78, 5) is 0. The normalized spacial score (nSPS) is 9.92. The molecule has 0 atom stereocenters. The van der Waals surface area contributed by atoms with Gasteiger partial charge in [0.05, 0.1) is 0 Å². The molecule has 0 aromatic heterocycles. The van der Waals surface area contributed by atoms with Gasteiger partial charge in [0.1, 0.15) is 0 Å². The topological polar surface area (TPSA) is 0 Å². The summed E-state index contributed by atoms with van der Waals surface area (Å²) < 4.78 is 0. The number of hydrogen-bond donors (Lipinski definition) is 0. The molecule has 0 bridgehead atoms. The maximum absolute atomic E-state index is 5.81. The number of hydrogen-bond acceptors (Lipinski definition) is 0. The van der Waals surface area contributed by atoms with Gasteiger partial charge in [-0.25, -0.2) is 0 Å². The average molecular weight is 266 g/mol. The smallest absolute Gasteiger partial charge is 0.0426 e.